The second-order valence-electron chi connectivity index (χ2n) is 4.55. The summed E-state index contributed by atoms with van der Waals surface area (Å²) in [4.78, 5) is 0. The Bertz CT molecular complexity index is 579. The molecule has 1 aromatic heterocycles. The van der Waals surface area contributed by atoms with Crippen LogP contribution in [0.5, 0.6) is 5.75 Å². The van der Waals surface area contributed by atoms with E-state index in [1.165, 1.54) is 0 Å². The number of aliphatic hydroxyl groups is 1. The first-order chi connectivity index (χ1) is 8.97. The highest BCUT2D eigenvalue weighted by atomic mass is 79.9. The zero-order chi connectivity index (χ0) is 14.0. The summed E-state index contributed by atoms with van der Waals surface area (Å²) in [5.74, 6) is 0.684. The second-order valence-corrected chi connectivity index (χ2v) is 5.46. The fourth-order valence-corrected chi connectivity index (χ4v) is 2.27. The lowest BCUT2D eigenvalue weighted by atomic mass is 10.1. The zero-order valence-electron chi connectivity index (χ0n) is 11.2. The highest BCUT2D eigenvalue weighted by Crippen LogP contribution is 2.29. The minimum Gasteiger partial charge on any atom is -0.487 e. The first-order valence-corrected chi connectivity index (χ1v) is 6.86. The number of aliphatic hydroxyl groups excluding tert-OH is 1. The van der Waals surface area contributed by atoms with E-state index in [0.29, 0.717) is 12.4 Å². The van der Waals surface area contributed by atoms with Crippen molar-refractivity contribution < 1.29 is 9.84 Å². The van der Waals surface area contributed by atoms with Gasteiger partial charge in [0.1, 0.15) is 12.4 Å². The topological polar surface area (TPSA) is 47.3 Å². The molecule has 19 heavy (non-hydrogen) atoms. The van der Waals surface area contributed by atoms with E-state index in [4.69, 9.17) is 4.74 Å². The van der Waals surface area contributed by atoms with Crippen molar-refractivity contribution in [3.05, 3.63) is 45.7 Å². The Morgan fingerprint density at radius 2 is 2.16 bits per heavy atom. The van der Waals surface area contributed by atoms with Crippen LogP contribution in [0.2, 0.25) is 0 Å². The molecule has 0 aliphatic rings. The molecule has 1 heterocycles. The molecule has 0 radical (unpaired) electrons. The molecule has 0 saturated heterocycles. The van der Waals surface area contributed by atoms with Crippen LogP contribution in [0.25, 0.3) is 0 Å². The molecular formula is C14H17BrN2O2. The number of hydrogen-bond acceptors (Lipinski definition) is 3. The number of hydrogen-bond donors (Lipinski definition) is 1. The van der Waals surface area contributed by atoms with E-state index in [9.17, 15) is 5.11 Å². The van der Waals surface area contributed by atoms with Gasteiger partial charge in [-0.25, -0.2) is 0 Å². The normalized spacial score (nSPS) is 12.5. The van der Waals surface area contributed by atoms with Crippen molar-refractivity contribution in [3.8, 4) is 5.75 Å². The minimum atomic E-state index is -0.559. The molecule has 0 unspecified atom stereocenters. The van der Waals surface area contributed by atoms with E-state index in [2.05, 4.69) is 21.0 Å². The van der Waals surface area contributed by atoms with E-state index < -0.39 is 6.10 Å². The molecule has 0 spiro atoms. The summed E-state index contributed by atoms with van der Waals surface area (Å²) in [5.41, 5.74) is 2.74. The van der Waals surface area contributed by atoms with Gasteiger partial charge < -0.3 is 9.84 Å². The molecule has 1 aromatic carbocycles. The van der Waals surface area contributed by atoms with Crippen LogP contribution in [0.4, 0.5) is 0 Å². The Morgan fingerprint density at radius 3 is 2.74 bits per heavy atom. The zero-order valence-corrected chi connectivity index (χ0v) is 12.8. The molecule has 1 atom stereocenters. The molecule has 102 valence electrons. The molecule has 0 aliphatic carbocycles. The third kappa shape index (κ3) is 3.36. The first-order valence-electron chi connectivity index (χ1n) is 6.07. The monoisotopic (exact) mass is 324 g/mol. The van der Waals surface area contributed by atoms with E-state index in [0.717, 1.165) is 21.4 Å². The first kappa shape index (κ1) is 14.1. The number of aromatic nitrogens is 2. The number of rotatable bonds is 4. The van der Waals surface area contributed by atoms with Crippen LogP contribution in [0, 0.1) is 6.92 Å². The summed E-state index contributed by atoms with van der Waals surface area (Å²) < 4.78 is 8.53. The highest BCUT2D eigenvalue weighted by molar-refractivity contribution is 9.10. The van der Waals surface area contributed by atoms with Crippen LogP contribution in [0.1, 0.15) is 30.0 Å². The lowest BCUT2D eigenvalue weighted by Gasteiger charge is -2.14. The molecule has 4 nitrogen and oxygen atoms in total. The van der Waals surface area contributed by atoms with Crippen molar-refractivity contribution in [3.63, 3.8) is 0 Å². The van der Waals surface area contributed by atoms with Crippen molar-refractivity contribution >= 4 is 15.9 Å². The summed E-state index contributed by atoms with van der Waals surface area (Å²) in [6.07, 6.45) is -0.559. The largest absolute Gasteiger partial charge is 0.487 e. The fraction of sp³-hybridized carbons (Fsp3) is 0.357. The number of ether oxygens (including phenoxy) is 1. The molecule has 2 rings (SSSR count). The molecule has 2 aromatic rings. The summed E-state index contributed by atoms with van der Waals surface area (Å²) in [7, 11) is 1.89. The van der Waals surface area contributed by atoms with E-state index in [1.807, 2.05) is 38.2 Å². The smallest absolute Gasteiger partial charge is 0.130 e. The predicted molar refractivity (Wildman–Crippen MR) is 77.1 cm³/mol. The molecule has 1 N–H and O–H groups in total. The molecular weight excluding hydrogens is 308 g/mol. The highest BCUT2D eigenvalue weighted by Gasteiger charge is 2.11. The number of benzene rings is 1. The SMILES string of the molecule is Cc1cc(COc2cc(Br)ccc2[C@H](C)O)n(C)n1. The quantitative estimate of drug-likeness (QED) is 0.939. The van der Waals surface area contributed by atoms with Crippen molar-refractivity contribution in [2.45, 2.75) is 26.6 Å². The molecule has 0 saturated carbocycles. The number of aryl methyl sites for hydroxylation is 2. The summed E-state index contributed by atoms with van der Waals surface area (Å²) in [6.45, 7) is 4.10. The van der Waals surface area contributed by atoms with Gasteiger partial charge in [-0.3, -0.25) is 4.68 Å². The van der Waals surface area contributed by atoms with Crippen LogP contribution >= 0.6 is 15.9 Å². The summed E-state index contributed by atoms with van der Waals surface area (Å²) in [6, 6.07) is 7.60. The second kappa shape index (κ2) is 5.75. The number of halogens is 1. The average molecular weight is 325 g/mol. The van der Waals surface area contributed by atoms with Gasteiger partial charge in [-0.05, 0) is 32.0 Å². The van der Waals surface area contributed by atoms with Gasteiger partial charge in [0.15, 0.2) is 0 Å². The van der Waals surface area contributed by atoms with Crippen molar-refractivity contribution in [1.29, 1.82) is 0 Å². The molecule has 0 bridgehead atoms. The Kier molecular flexibility index (Phi) is 4.27. The van der Waals surface area contributed by atoms with Crippen LogP contribution in [0.15, 0.2) is 28.7 Å². The van der Waals surface area contributed by atoms with Gasteiger partial charge in [0, 0.05) is 17.1 Å². The molecule has 0 fully saturated rings. The van der Waals surface area contributed by atoms with E-state index >= 15 is 0 Å². The molecule has 0 aliphatic heterocycles. The van der Waals surface area contributed by atoms with Crippen molar-refractivity contribution in [1.82, 2.24) is 9.78 Å². The predicted octanol–water partition coefficient (Wildman–Crippen LogP) is 3.12. The van der Waals surface area contributed by atoms with E-state index in [-0.39, 0.29) is 0 Å². The van der Waals surface area contributed by atoms with Gasteiger partial charge >= 0.3 is 0 Å². The third-order valence-corrected chi connectivity index (χ3v) is 3.39. The maximum absolute atomic E-state index is 9.74. The minimum absolute atomic E-state index is 0.424. The van der Waals surface area contributed by atoms with Gasteiger partial charge in [-0.15, -0.1) is 0 Å². The third-order valence-electron chi connectivity index (χ3n) is 2.90. The van der Waals surface area contributed by atoms with Gasteiger partial charge in [-0.1, -0.05) is 22.0 Å². The van der Waals surface area contributed by atoms with Gasteiger partial charge in [0.05, 0.1) is 17.5 Å². The van der Waals surface area contributed by atoms with Crippen LogP contribution in [-0.4, -0.2) is 14.9 Å². The van der Waals surface area contributed by atoms with Crippen LogP contribution in [-0.2, 0) is 13.7 Å². The summed E-state index contributed by atoms with van der Waals surface area (Å²) in [5, 5.41) is 14.0. The Labute approximate surface area is 121 Å². The maximum atomic E-state index is 9.74. The van der Waals surface area contributed by atoms with Crippen molar-refractivity contribution in [2.24, 2.45) is 7.05 Å². The fourth-order valence-electron chi connectivity index (χ4n) is 1.93. The lowest BCUT2D eigenvalue weighted by molar-refractivity contribution is 0.189. The summed E-state index contributed by atoms with van der Waals surface area (Å²) >= 11 is 3.41. The lowest BCUT2D eigenvalue weighted by Crippen LogP contribution is -2.05. The van der Waals surface area contributed by atoms with Gasteiger partial charge in [0.2, 0.25) is 0 Å². The van der Waals surface area contributed by atoms with E-state index in [1.54, 1.807) is 11.6 Å². The average Bonchev–Trinajstić information content (AvgIpc) is 2.65. The van der Waals surface area contributed by atoms with Gasteiger partial charge in [-0.2, -0.15) is 5.10 Å². The Balaban J connectivity index is 2.19. The number of nitrogens with zero attached hydrogens (tertiary/aromatic N) is 2. The van der Waals surface area contributed by atoms with Crippen LogP contribution < -0.4 is 4.74 Å². The van der Waals surface area contributed by atoms with Gasteiger partial charge in [0.25, 0.3) is 0 Å². The standard InChI is InChI=1S/C14H17BrN2O2/c1-9-6-12(17(3)16-9)8-19-14-7-11(15)4-5-13(14)10(2)18/h4-7,10,18H,8H2,1-3H3/t10-/m0/s1. The Hall–Kier alpha value is -1.33. The van der Waals surface area contributed by atoms with Crippen molar-refractivity contribution in [2.75, 3.05) is 0 Å². The molecule has 0 amide bonds. The molecule has 5 heteroatoms. The van der Waals surface area contributed by atoms with Crippen LogP contribution in [0.3, 0.4) is 0 Å². The Morgan fingerprint density at radius 1 is 1.42 bits per heavy atom. The maximum Gasteiger partial charge on any atom is 0.130 e.